The van der Waals surface area contributed by atoms with Gasteiger partial charge in [0.15, 0.2) is 0 Å². The standard InChI is InChI=1S/C13H14F2N4O/c1-7(9-5-17-18-6-9)19-13(20)8-3-10(14)12(16-2)11(15)4-8/h3-7,16H,1-2H3,(H,17,18)(H,19,20). The fourth-order valence-corrected chi connectivity index (χ4v) is 1.80. The molecule has 0 bridgehead atoms. The molecule has 1 heterocycles. The molecule has 0 aliphatic heterocycles. The quantitative estimate of drug-likeness (QED) is 0.804. The van der Waals surface area contributed by atoms with E-state index in [1.807, 2.05) is 0 Å². The lowest BCUT2D eigenvalue weighted by Gasteiger charge is -2.13. The van der Waals surface area contributed by atoms with Crippen molar-refractivity contribution >= 4 is 11.6 Å². The molecule has 0 radical (unpaired) electrons. The molecule has 0 saturated heterocycles. The minimum absolute atomic E-state index is 0.0747. The SMILES string of the molecule is CNc1c(F)cc(C(=O)NC(C)c2cn[nH]c2)cc1F. The number of anilines is 1. The molecule has 1 aromatic heterocycles. The maximum absolute atomic E-state index is 13.6. The van der Waals surface area contributed by atoms with Crippen LogP contribution in [0.25, 0.3) is 0 Å². The van der Waals surface area contributed by atoms with Gasteiger partial charge in [-0.2, -0.15) is 5.10 Å². The number of hydrogen-bond acceptors (Lipinski definition) is 3. The maximum atomic E-state index is 13.6. The minimum Gasteiger partial charge on any atom is -0.383 e. The Kier molecular flexibility index (Phi) is 3.97. The van der Waals surface area contributed by atoms with E-state index in [1.165, 1.54) is 7.05 Å². The highest BCUT2D eigenvalue weighted by Crippen LogP contribution is 2.20. The molecule has 2 rings (SSSR count). The molecule has 0 aliphatic rings. The van der Waals surface area contributed by atoms with E-state index in [4.69, 9.17) is 0 Å². The number of aromatic amines is 1. The number of benzene rings is 1. The summed E-state index contributed by atoms with van der Waals surface area (Å²) in [6.45, 7) is 1.75. The number of carbonyl (C=O) groups is 1. The number of H-pyrrole nitrogens is 1. The van der Waals surface area contributed by atoms with Gasteiger partial charge < -0.3 is 10.6 Å². The second-order valence-electron chi connectivity index (χ2n) is 4.29. The summed E-state index contributed by atoms with van der Waals surface area (Å²) in [4.78, 5) is 12.0. The smallest absolute Gasteiger partial charge is 0.251 e. The Hall–Kier alpha value is -2.44. The van der Waals surface area contributed by atoms with Gasteiger partial charge in [0.05, 0.1) is 12.2 Å². The molecule has 1 unspecified atom stereocenters. The molecule has 1 aromatic carbocycles. The van der Waals surface area contributed by atoms with Gasteiger partial charge in [0.2, 0.25) is 0 Å². The van der Waals surface area contributed by atoms with Gasteiger partial charge in [-0.05, 0) is 19.1 Å². The van der Waals surface area contributed by atoms with Gasteiger partial charge in [-0.3, -0.25) is 9.89 Å². The molecule has 1 amide bonds. The third kappa shape index (κ3) is 2.76. The van der Waals surface area contributed by atoms with E-state index >= 15 is 0 Å². The van der Waals surface area contributed by atoms with Crippen LogP contribution in [0.5, 0.6) is 0 Å². The van der Waals surface area contributed by atoms with Crippen LogP contribution in [0.15, 0.2) is 24.5 Å². The monoisotopic (exact) mass is 280 g/mol. The van der Waals surface area contributed by atoms with Crippen LogP contribution >= 0.6 is 0 Å². The van der Waals surface area contributed by atoms with E-state index in [2.05, 4.69) is 20.8 Å². The second-order valence-corrected chi connectivity index (χ2v) is 4.29. The number of carbonyl (C=O) groups excluding carboxylic acids is 1. The van der Waals surface area contributed by atoms with E-state index in [0.29, 0.717) is 0 Å². The highest BCUT2D eigenvalue weighted by Gasteiger charge is 2.16. The first-order valence-electron chi connectivity index (χ1n) is 5.99. The first-order chi connectivity index (χ1) is 9.52. The summed E-state index contributed by atoms with van der Waals surface area (Å²) >= 11 is 0. The lowest BCUT2D eigenvalue weighted by molar-refractivity contribution is 0.0939. The molecular weight excluding hydrogens is 266 g/mol. The van der Waals surface area contributed by atoms with Crippen molar-refractivity contribution in [3.05, 3.63) is 47.3 Å². The van der Waals surface area contributed by atoms with Gasteiger partial charge in [-0.1, -0.05) is 0 Å². The lowest BCUT2D eigenvalue weighted by atomic mass is 10.1. The lowest BCUT2D eigenvalue weighted by Crippen LogP contribution is -2.26. The van der Waals surface area contributed by atoms with Crippen molar-refractivity contribution < 1.29 is 13.6 Å². The van der Waals surface area contributed by atoms with Crippen molar-refractivity contribution in [2.45, 2.75) is 13.0 Å². The Morgan fingerprint density at radius 3 is 2.50 bits per heavy atom. The summed E-state index contributed by atoms with van der Waals surface area (Å²) in [5.41, 5.74) is 0.435. The van der Waals surface area contributed by atoms with Crippen molar-refractivity contribution in [1.29, 1.82) is 0 Å². The van der Waals surface area contributed by atoms with Crippen LogP contribution < -0.4 is 10.6 Å². The van der Waals surface area contributed by atoms with Crippen LogP contribution in [0.3, 0.4) is 0 Å². The van der Waals surface area contributed by atoms with E-state index in [9.17, 15) is 13.6 Å². The minimum atomic E-state index is -0.811. The van der Waals surface area contributed by atoms with E-state index in [0.717, 1.165) is 17.7 Å². The Balaban J connectivity index is 2.17. The summed E-state index contributed by atoms with van der Waals surface area (Å²) in [7, 11) is 1.40. The van der Waals surface area contributed by atoms with Crippen LogP contribution in [0.2, 0.25) is 0 Å². The Bertz CT molecular complexity index is 590. The summed E-state index contributed by atoms with van der Waals surface area (Å²) < 4.78 is 27.2. The van der Waals surface area contributed by atoms with Crippen LogP contribution in [0.4, 0.5) is 14.5 Å². The zero-order valence-corrected chi connectivity index (χ0v) is 11.0. The molecule has 5 nitrogen and oxygen atoms in total. The summed E-state index contributed by atoms with van der Waals surface area (Å²) in [5.74, 6) is -2.18. The second kappa shape index (κ2) is 5.68. The number of hydrogen-bond donors (Lipinski definition) is 3. The average molecular weight is 280 g/mol. The molecule has 106 valence electrons. The summed E-state index contributed by atoms with van der Waals surface area (Å²) in [6.07, 6.45) is 3.20. The summed E-state index contributed by atoms with van der Waals surface area (Å²) in [6, 6.07) is 1.66. The van der Waals surface area contributed by atoms with Crippen LogP contribution in [0, 0.1) is 11.6 Å². The van der Waals surface area contributed by atoms with Crippen molar-refractivity contribution in [1.82, 2.24) is 15.5 Å². The Morgan fingerprint density at radius 2 is 2.00 bits per heavy atom. The van der Waals surface area contributed by atoms with Crippen LogP contribution in [-0.4, -0.2) is 23.2 Å². The summed E-state index contributed by atoms with van der Waals surface area (Å²) in [5, 5.41) is 11.4. The zero-order valence-electron chi connectivity index (χ0n) is 11.0. The number of aromatic nitrogens is 2. The van der Waals surface area contributed by atoms with Gasteiger partial charge in [-0.15, -0.1) is 0 Å². The van der Waals surface area contributed by atoms with Crippen LogP contribution in [-0.2, 0) is 0 Å². The average Bonchev–Trinajstić information content (AvgIpc) is 2.92. The molecule has 0 saturated carbocycles. The predicted molar refractivity (Wildman–Crippen MR) is 70.4 cm³/mol. The van der Waals surface area contributed by atoms with Gasteiger partial charge in [-0.25, -0.2) is 8.78 Å². The van der Waals surface area contributed by atoms with E-state index < -0.39 is 17.5 Å². The molecule has 0 aliphatic carbocycles. The van der Waals surface area contributed by atoms with Gasteiger partial charge in [0.25, 0.3) is 5.91 Å². The molecular formula is C13H14F2N4O. The number of nitrogens with one attached hydrogen (secondary N) is 3. The number of rotatable bonds is 4. The molecule has 2 aromatic rings. The molecule has 0 spiro atoms. The third-order valence-electron chi connectivity index (χ3n) is 2.92. The first kappa shape index (κ1) is 14.0. The number of amides is 1. The first-order valence-corrected chi connectivity index (χ1v) is 5.99. The fraction of sp³-hybridized carbons (Fsp3) is 0.231. The van der Waals surface area contributed by atoms with E-state index in [-0.39, 0.29) is 17.3 Å². The highest BCUT2D eigenvalue weighted by molar-refractivity contribution is 5.94. The van der Waals surface area contributed by atoms with Crippen molar-refractivity contribution in [3.63, 3.8) is 0 Å². The van der Waals surface area contributed by atoms with E-state index in [1.54, 1.807) is 19.3 Å². The molecule has 1 atom stereocenters. The fourth-order valence-electron chi connectivity index (χ4n) is 1.80. The van der Waals surface area contributed by atoms with Gasteiger partial charge >= 0.3 is 0 Å². The molecule has 3 N–H and O–H groups in total. The van der Waals surface area contributed by atoms with Crippen molar-refractivity contribution in [3.8, 4) is 0 Å². The number of nitrogens with zero attached hydrogens (tertiary/aromatic N) is 1. The number of halogens is 2. The van der Waals surface area contributed by atoms with Crippen molar-refractivity contribution in [2.75, 3.05) is 12.4 Å². The normalized spacial score (nSPS) is 12.0. The van der Waals surface area contributed by atoms with Crippen LogP contribution in [0.1, 0.15) is 28.9 Å². The zero-order chi connectivity index (χ0) is 14.7. The van der Waals surface area contributed by atoms with Crippen molar-refractivity contribution in [2.24, 2.45) is 0 Å². The molecule has 0 fully saturated rings. The Labute approximate surface area is 114 Å². The van der Waals surface area contributed by atoms with Gasteiger partial charge in [0, 0.05) is 24.4 Å². The largest absolute Gasteiger partial charge is 0.383 e. The highest BCUT2D eigenvalue weighted by atomic mass is 19.1. The maximum Gasteiger partial charge on any atom is 0.251 e. The predicted octanol–water partition coefficient (Wildman–Crippen LogP) is 2.22. The third-order valence-corrected chi connectivity index (χ3v) is 2.92. The molecule has 20 heavy (non-hydrogen) atoms. The Morgan fingerprint density at radius 1 is 1.35 bits per heavy atom. The molecule has 7 heteroatoms. The topological polar surface area (TPSA) is 69.8 Å². The van der Waals surface area contributed by atoms with Gasteiger partial charge in [0.1, 0.15) is 17.3 Å².